The molecular formula is C18H24O. The minimum absolute atomic E-state index is 0.375. The first-order valence-electron chi connectivity index (χ1n) is 7.98. The molecule has 19 heavy (non-hydrogen) atoms. The molecule has 0 radical (unpaired) electrons. The van der Waals surface area contributed by atoms with Crippen LogP contribution in [-0.4, -0.2) is 5.78 Å². The molecule has 3 rings (SSSR count). The summed E-state index contributed by atoms with van der Waals surface area (Å²) in [4.78, 5) is 12.4. The molecule has 0 spiro atoms. The number of aryl methyl sites for hydroxylation is 2. The van der Waals surface area contributed by atoms with E-state index in [2.05, 4.69) is 18.2 Å². The number of benzene rings is 1. The van der Waals surface area contributed by atoms with Crippen LogP contribution < -0.4 is 0 Å². The van der Waals surface area contributed by atoms with Gasteiger partial charge in [0.1, 0.15) is 0 Å². The van der Waals surface area contributed by atoms with Gasteiger partial charge in [-0.3, -0.25) is 4.79 Å². The lowest BCUT2D eigenvalue weighted by Crippen LogP contribution is -2.13. The average Bonchev–Trinajstić information content (AvgIpc) is 2.48. The summed E-state index contributed by atoms with van der Waals surface area (Å²) in [7, 11) is 0. The van der Waals surface area contributed by atoms with Crippen molar-refractivity contribution in [2.24, 2.45) is 5.92 Å². The Morgan fingerprint density at radius 3 is 2.47 bits per heavy atom. The molecule has 0 atom stereocenters. The molecule has 1 heteroatoms. The predicted octanol–water partition coefficient (Wildman–Crippen LogP) is 4.72. The maximum atomic E-state index is 12.4. The van der Waals surface area contributed by atoms with Crippen LogP contribution in [0.2, 0.25) is 0 Å². The van der Waals surface area contributed by atoms with Crippen LogP contribution in [0.3, 0.4) is 0 Å². The summed E-state index contributed by atoms with van der Waals surface area (Å²) in [6.45, 7) is 0. The van der Waals surface area contributed by atoms with E-state index in [1.165, 1.54) is 68.9 Å². The topological polar surface area (TPSA) is 17.1 Å². The third-order valence-corrected chi connectivity index (χ3v) is 4.87. The smallest absolute Gasteiger partial charge is 0.163 e. The summed E-state index contributed by atoms with van der Waals surface area (Å²) >= 11 is 0. The van der Waals surface area contributed by atoms with E-state index in [1.54, 1.807) is 0 Å². The highest BCUT2D eigenvalue weighted by Crippen LogP contribution is 2.28. The van der Waals surface area contributed by atoms with Crippen LogP contribution in [0.15, 0.2) is 18.2 Å². The van der Waals surface area contributed by atoms with Crippen molar-refractivity contribution in [3.05, 3.63) is 34.9 Å². The van der Waals surface area contributed by atoms with Crippen molar-refractivity contribution in [1.29, 1.82) is 0 Å². The number of carbonyl (C=O) groups is 1. The van der Waals surface area contributed by atoms with Crippen LogP contribution in [0.25, 0.3) is 0 Å². The molecule has 2 aliphatic carbocycles. The Morgan fingerprint density at radius 2 is 1.68 bits per heavy atom. The van der Waals surface area contributed by atoms with E-state index in [9.17, 15) is 4.79 Å². The Morgan fingerprint density at radius 1 is 0.947 bits per heavy atom. The number of Topliss-reactive ketones (excluding diaryl/α,β-unsaturated/α-hetero) is 1. The van der Waals surface area contributed by atoms with Gasteiger partial charge in [-0.05, 0) is 48.8 Å². The highest BCUT2D eigenvalue weighted by atomic mass is 16.1. The minimum Gasteiger partial charge on any atom is -0.294 e. The summed E-state index contributed by atoms with van der Waals surface area (Å²) in [6, 6.07) is 6.44. The van der Waals surface area contributed by atoms with Gasteiger partial charge in [0.15, 0.2) is 5.78 Å². The molecule has 1 fully saturated rings. The van der Waals surface area contributed by atoms with Crippen molar-refractivity contribution in [1.82, 2.24) is 0 Å². The van der Waals surface area contributed by atoms with E-state index in [4.69, 9.17) is 0 Å². The van der Waals surface area contributed by atoms with Crippen molar-refractivity contribution in [2.75, 3.05) is 0 Å². The number of rotatable bonds is 3. The quantitative estimate of drug-likeness (QED) is 0.715. The first kappa shape index (κ1) is 12.9. The normalized spacial score (nSPS) is 20.0. The van der Waals surface area contributed by atoms with Gasteiger partial charge >= 0.3 is 0 Å². The van der Waals surface area contributed by atoms with Crippen molar-refractivity contribution >= 4 is 5.78 Å². The minimum atomic E-state index is 0.375. The van der Waals surface area contributed by atoms with Crippen molar-refractivity contribution in [3.63, 3.8) is 0 Å². The molecule has 0 bridgehead atoms. The van der Waals surface area contributed by atoms with Gasteiger partial charge < -0.3 is 0 Å². The zero-order valence-electron chi connectivity index (χ0n) is 11.8. The number of carbonyl (C=O) groups excluding carboxylic acids is 1. The van der Waals surface area contributed by atoms with E-state index in [1.807, 2.05) is 0 Å². The SMILES string of the molecule is O=C(CC1CCCCC1)c1ccc2c(c1)CCCC2. The molecule has 0 saturated heterocycles. The highest BCUT2D eigenvalue weighted by Gasteiger charge is 2.19. The Balaban J connectivity index is 1.69. The van der Waals surface area contributed by atoms with Crippen LogP contribution in [0.5, 0.6) is 0 Å². The van der Waals surface area contributed by atoms with Gasteiger partial charge in [0.25, 0.3) is 0 Å². The largest absolute Gasteiger partial charge is 0.294 e. The van der Waals surface area contributed by atoms with Crippen LogP contribution in [0, 0.1) is 5.92 Å². The molecular weight excluding hydrogens is 232 g/mol. The zero-order chi connectivity index (χ0) is 13.1. The van der Waals surface area contributed by atoms with Crippen LogP contribution >= 0.6 is 0 Å². The van der Waals surface area contributed by atoms with Crippen molar-refractivity contribution in [3.8, 4) is 0 Å². The molecule has 102 valence electrons. The average molecular weight is 256 g/mol. The monoisotopic (exact) mass is 256 g/mol. The molecule has 2 aliphatic rings. The molecule has 0 unspecified atom stereocenters. The van der Waals surface area contributed by atoms with Gasteiger partial charge in [-0.2, -0.15) is 0 Å². The van der Waals surface area contributed by atoms with E-state index in [-0.39, 0.29) is 0 Å². The first-order valence-corrected chi connectivity index (χ1v) is 7.98. The lowest BCUT2D eigenvalue weighted by Gasteiger charge is -2.21. The highest BCUT2D eigenvalue weighted by molar-refractivity contribution is 5.96. The van der Waals surface area contributed by atoms with Gasteiger partial charge in [-0.25, -0.2) is 0 Å². The lowest BCUT2D eigenvalue weighted by molar-refractivity contribution is 0.0950. The molecule has 0 N–H and O–H groups in total. The molecule has 0 amide bonds. The van der Waals surface area contributed by atoms with Gasteiger partial charge in [-0.1, -0.05) is 44.2 Å². The Labute approximate surface area is 116 Å². The number of hydrogen-bond acceptors (Lipinski definition) is 1. The number of fused-ring (bicyclic) bond motifs is 1. The van der Waals surface area contributed by atoms with Crippen molar-refractivity contribution in [2.45, 2.75) is 64.2 Å². The molecule has 1 aromatic rings. The Bertz CT molecular complexity index is 455. The standard InChI is InChI=1S/C18H24O/c19-18(12-14-6-2-1-3-7-14)17-11-10-15-8-4-5-9-16(15)13-17/h10-11,13-14H,1-9,12H2. The second-order valence-corrected chi connectivity index (χ2v) is 6.32. The molecule has 1 aromatic carbocycles. The molecule has 1 saturated carbocycles. The Hall–Kier alpha value is -1.11. The molecule has 1 nitrogen and oxygen atoms in total. The van der Waals surface area contributed by atoms with E-state index in [0.29, 0.717) is 11.7 Å². The maximum absolute atomic E-state index is 12.4. The van der Waals surface area contributed by atoms with Gasteiger partial charge in [0.2, 0.25) is 0 Å². The third-order valence-electron chi connectivity index (χ3n) is 4.87. The fraction of sp³-hybridized carbons (Fsp3) is 0.611. The molecule has 0 aromatic heterocycles. The predicted molar refractivity (Wildman–Crippen MR) is 78.6 cm³/mol. The number of ketones is 1. The second kappa shape index (κ2) is 5.90. The molecule has 0 heterocycles. The summed E-state index contributed by atoms with van der Waals surface area (Å²) < 4.78 is 0. The Kier molecular flexibility index (Phi) is 4.00. The van der Waals surface area contributed by atoms with E-state index in [0.717, 1.165) is 12.0 Å². The van der Waals surface area contributed by atoms with E-state index >= 15 is 0 Å². The lowest BCUT2D eigenvalue weighted by atomic mass is 9.83. The summed E-state index contributed by atoms with van der Waals surface area (Å²) in [5.74, 6) is 1.03. The summed E-state index contributed by atoms with van der Waals surface area (Å²) in [5.41, 5.74) is 3.87. The van der Waals surface area contributed by atoms with Crippen LogP contribution in [-0.2, 0) is 12.8 Å². The van der Waals surface area contributed by atoms with Gasteiger partial charge in [-0.15, -0.1) is 0 Å². The molecule has 0 aliphatic heterocycles. The fourth-order valence-corrected chi connectivity index (χ4v) is 3.68. The summed E-state index contributed by atoms with van der Waals surface area (Å²) in [6.07, 6.45) is 12.3. The maximum Gasteiger partial charge on any atom is 0.163 e. The zero-order valence-corrected chi connectivity index (χ0v) is 11.8. The van der Waals surface area contributed by atoms with Crippen molar-refractivity contribution < 1.29 is 4.79 Å². The van der Waals surface area contributed by atoms with E-state index < -0.39 is 0 Å². The summed E-state index contributed by atoms with van der Waals surface area (Å²) in [5, 5.41) is 0. The third kappa shape index (κ3) is 3.08. The van der Waals surface area contributed by atoms with Crippen LogP contribution in [0.4, 0.5) is 0 Å². The second-order valence-electron chi connectivity index (χ2n) is 6.32. The fourth-order valence-electron chi connectivity index (χ4n) is 3.68. The van der Waals surface area contributed by atoms with Gasteiger partial charge in [0.05, 0.1) is 0 Å². The number of hydrogen-bond donors (Lipinski definition) is 0. The van der Waals surface area contributed by atoms with Crippen LogP contribution in [0.1, 0.15) is 72.9 Å². The first-order chi connectivity index (χ1) is 9.33. The van der Waals surface area contributed by atoms with Gasteiger partial charge in [0, 0.05) is 12.0 Å².